The number of carbonyl (C=O) groups excluding carboxylic acids is 1. The molecule has 5 nitrogen and oxygen atoms in total. The predicted molar refractivity (Wildman–Crippen MR) is 102 cm³/mol. The highest BCUT2D eigenvalue weighted by atomic mass is 32.1. The quantitative estimate of drug-likeness (QED) is 0.755. The van der Waals surface area contributed by atoms with E-state index in [1.54, 1.807) is 11.3 Å². The molecule has 1 aromatic heterocycles. The van der Waals surface area contributed by atoms with Gasteiger partial charge in [-0.2, -0.15) is 0 Å². The number of thiophene rings is 1. The van der Waals surface area contributed by atoms with E-state index in [-0.39, 0.29) is 6.03 Å². The molecule has 0 aromatic carbocycles. The molecule has 25 heavy (non-hydrogen) atoms. The van der Waals surface area contributed by atoms with Gasteiger partial charge in [0, 0.05) is 42.0 Å². The van der Waals surface area contributed by atoms with Crippen LogP contribution >= 0.6 is 11.3 Å². The van der Waals surface area contributed by atoms with Crippen LogP contribution in [0.2, 0.25) is 0 Å². The minimum atomic E-state index is 0.0947. The van der Waals surface area contributed by atoms with E-state index in [1.165, 1.54) is 9.75 Å². The highest BCUT2D eigenvalue weighted by molar-refractivity contribution is 7.11. The van der Waals surface area contributed by atoms with Gasteiger partial charge in [0.05, 0.1) is 18.8 Å². The Bertz CT molecular complexity index is 563. The largest absolute Gasteiger partial charge is 0.373 e. The van der Waals surface area contributed by atoms with E-state index >= 15 is 0 Å². The molecule has 1 aromatic rings. The standard InChI is InChI=1S/C19H31N3O2S/c1-14-11-21(12-15(2)24-14)10-4-9-20-19(23)22(17-6-7-17)13-18-8-5-16(3)25-18/h5,8,14-15,17H,4,6-7,9-13H2,1-3H3,(H,20,23)/t14-,15+. The summed E-state index contributed by atoms with van der Waals surface area (Å²) in [6, 6.07) is 4.80. The van der Waals surface area contributed by atoms with Crippen molar-refractivity contribution in [1.82, 2.24) is 15.1 Å². The van der Waals surface area contributed by atoms with Gasteiger partial charge < -0.3 is 15.0 Å². The fraction of sp³-hybridized carbons (Fsp3) is 0.737. The number of hydrogen-bond acceptors (Lipinski definition) is 4. The first-order valence-electron chi connectivity index (χ1n) is 9.49. The second-order valence-corrected chi connectivity index (χ2v) is 8.85. The van der Waals surface area contributed by atoms with Crippen LogP contribution in [0, 0.1) is 6.92 Å². The van der Waals surface area contributed by atoms with Crippen molar-refractivity contribution in [1.29, 1.82) is 0 Å². The number of nitrogens with one attached hydrogen (secondary N) is 1. The highest BCUT2D eigenvalue weighted by Gasteiger charge is 2.32. The van der Waals surface area contributed by atoms with Gasteiger partial charge in [-0.1, -0.05) is 0 Å². The summed E-state index contributed by atoms with van der Waals surface area (Å²) in [6.45, 7) is 10.9. The van der Waals surface area contributed by atoms with E-state index in [2.05, 4.69) is 43.1 Å². The minimum Gasteiger partial charge on any atom is -0.373 e. The zero-order chi connectivity index (χ0) is 17.8. The molecule has 3 rings (SSSR count). The molecule has 1 aliphatic heterocycles. The molecule has 2 heterocycles. The van der Waals surface area contributed by atoms with Gasteiger partial charge >= 0.3 is 6.03 Å². The van der Waals surface area contributed by atoms with Crippen molar-refractivity contribution in [3.8, 4) is 0 Å². The van der Waals surface area contributed by atoms with E-state index in [9.17, 15) is 4.79 Å². The van der Waals surface area contributed by atoms with Crippen molar-refractivity contribution in [3.63, 3.8) is 0 Å². The molecule has 2 atom stereocenters. The first-order chi connectivity index (χ1) is 12.0. The molecule has 0 unspecified atom stereocenters. The van der Waals surface area contributed by atoms with Crippen LogP contribution in [-0.2, 0) is 11.3 Å². The summed E-state index contributed by atoms with van der Waals surface area (Å²) in [5.74, 6) is 0. The molecule has 0 spiro atoms. The molecule has 1 saturated heterocycles. The maximum atomic E-state index is 12.6. The van der Waals surface area contributed by atoms with Gasteiger partial charge in [0.25, 0.3) is 0 Å². The Kier molecular flexibility index (Phi) is 6.36. The van der Waals surface area contributed by atoms with Crippen molar-refractivity contribution in [2.24, 2.45) is 0 Å². The number of carbonyl (C=O) groups is 1. The summed E-state index contributed by atoms with van der Waals surface area (Å²) in [5, 5.41) is 3.13. The molecular weight excluding hydrogens is 334 g/mol. The van der Waals surface area contributed by atoms with Gasteiger partial charge in [-0.15, -0.1) is 11.3 Å². The lowest BCUT2D eigenvalue weighted by molar-refractivity contribution is -0.0679. The number of ether oxygens (including phenoxy) is 1. The molecule has 2 fully saturated rings. The van der Waals surface area contributed by atoms with Crippen LogP contribution in [0.3, 0.4) is 0 Å². The Morgan fingerprint density at radius 3 is 2.64 bits per heavy atom. The van der Waals surface area contributed by atoms with Crippen molar-refractivity contribution in [3.05, 3.63) is 21.9 Å². The fourth-order valence-corrected chi connectivity index (χ4v) is 4.45. The summed E-state index contributed by atoms with van der Waals surface area (Å²) >= 11 is 1.79. The number of rotatable bonds is 7. The average molecular weight is 366 g/mol. The van der Waals surface area contributed by atoms with Crippen LogP contribution < -0.4 is 5.32 Å². The Labute approximate surface area is 155 Å². The smallest absolute Gasteiger partial charge is 0.317 e. The lowest BCUT2D eigenvalue weighted by Crippen LogP contribution is -2.46. The van der Waals surface area contributed by atoms with Gasteiger partial charge in [0.15, 0.2) is 0 Å². The van der Waals surface area contributed by atoms with Crippen LogP contribution in [0.5, 0.6) is 0 Å². The average Bonchev–Trinajstić information content (AvgIpc) is 3.30. The highest BCUT2D eigenvalue weighted by Crippen LogP contribution is 2.29. The monoisotopic (exact) mass is 365 g/mol. The van der Waals surface area contributed by atoms with Crippen LogP contribution in [-0.4, -0.2) is 60.3 Å². The van der Waals surface area contributed by atoms with E-state index in [0.717, 1.165) is 52.0 Å². The van der Waals surface area contributed by atoms with E-state index in [1.807, 2.05) is 4.90 Å². The lowest BCUT2D eigenvalue weighted by atomic mass is 10.2. The molecule has 2 amide bonds. The normalized spacial score (nSPS) is 24.3. The molecule has 6 heteroatoms. The van der Waals surface area contributed by atoms with Gasteiger partial charge in [-0.05, 0) is 52.2 Å². The first-order valence-corrected chi connectivity index (χ1v) is 10.3. The fourth-order valence-electron chi connectivity index (χ4n) is 3.56. The summed E-state index contributed by atoms with van der Waals surface area (Å²) < 4.78 is 5.77. The van der Waals surface area contributed by atoms with Crippen LogP contribution in [0.15, 0.2) is 12.1 Å². The number of morpholine rings is 1. The zero-order valence-corrected chi connectivity index (χ0v) is 16.5. The summed E-state index contributed by atoms with van der Waals surface area (Å²) in [5.41, 5.74) is 0. The second-order valence-electron chi connectivity index (χ2n) is 7.47. The number of aryl methyl sites for hydroxylation is 1. The van der Waals surface area contributed by atoms with Gasteiger partial charge in [0.1, 0.15) is 0 Å². The third-order valence-electron chi connectivity index (χ3n) is 4.79. The Balaban J connectivity index is 1.40. The topological polar surface area (TPSA) is 44.8 Å². The van der Waals surface area contributed by atoms with Crippen molar-refractivity contribution >= 4 is 17.4 Å². The van der Waals surface area contributed by atoms with Crippen molar-refractivity contribution < 1.29 is 9.53 Å². The van der Waals surface area contributed by atoms with E-state index < -0.39 is 0 Å². The SMILES string of the molecule is Cc1ccc(CN(C(=O)NCCCN2C[C@@H](C)O[C@@H](C)C2)C2CC2)s1. The molecule has 1 N–H and O–H groups in total. The number of urea groups is 1. The van der Waals surface area contributed by atoms with Crippen LogP contribution in [0.1, 0.15) is 42.9 Å². The van der Waals surface area contributed by atoms with Crippen molar-refractivity contribution in [2.75, 3.05) is 26.2 Å². The third-order valence-corrected chi connectivity index (χ3v) is 5.78. The van der Waals surface area contributed by atoms with Crippen molar-refractivity contribution in [2.45, 2.75) is 64.8 Å². The predicted octanol–water partition coefficient (Wildman–Crippen LogP) is 3.23. The number of amides is 2. The molecule has 1 aliphatic carbocycles. The zero-order valence-electron chi connectivity index (χ0n) is 15.7. The number of nitrogens with zero attached hydrogens (tertiary/aromatic N) is 2. The molecular formula is C19H31N3O2S. The Morgan fingerprint density at radius 2 is 2.04 bits per heavy atom. The van der Waals surface area contributed by atoms with Gasteiger partial charge in [-0.25, -0.2) is 4.79 Å². The molecule has 2 aliphatic rings. The second kappa shape index (κ2) is 8.52. The first kappa shape index (κ1) is 18.7. The molecule has 0 radical (unpaired) electrons. The maximum Gasteiger partial charge on any atom is 0.317 e. The summed E-state index contributed by atoms with van der Waals surface area (Å²) in [6.07, 6.45) is 3.88. The molecule has 0 bridgehead atoms. The van der Waals surface area contributed by atoms with Crippen LogP contribution in [0.4, 0.5) is 4.79 Å². The lowest BCUT2D eigenvalue weighted by Gasteiger charge is -2.35. The molecule has 1 saturated carbocycles. The van der Waals surface area contributed by atoms with E-state index in [0.29, 0.717) is 18.2 Å². The summed E-state index contributed by atoms with van der Waals surface area (Å²) in [4.78, 5) is 19.6. The maximum absolute atomic E-state index is 12.6. The van der Waals surface area contributed by atoms with Gasteiger partial charge in [-0.3, -0.25) is 4.90 Å². The van der Waals surface area contributed by atoms with E-state index in [4.69, 9.17) is 4.74 Å². The number of hydrogen-bond donors (Lipinski definition) is 1. The van der Waals surface area contributed by atoms with Crippen LogP contribution in [0.25, 0.3) is 0 Å². The van der Waals surface area contributed by atoms with Gasteiger partial charge in [0.2, 0.25) is 0 Å². The summed E-state index contributed by atoms with van der Waals surface area (Å²) in [7, 11) is 0. The third kappa shape index (κ3) is 5.69. The minimum absolute atomic E-state index is 0.0947. The Morgan fingerprint density at radius 1 is 1.32 bits per heavy atom. The Hall–Kier alpha value is -1.11. The molecule has 140 valence electrons.